The number of hydroxylamine groups is 2. The Labute approximate surface area is 426 Å². The van der Waals surface area contributed by atoms with Gasteiger partial charge < -0.3 is 73.3 Å². The summed E-state index contributed by atoms with van der Waals surface area (Å²) in [7, 11) is 2.95. The minimum Gasteiger partial charge on any atom is -0.496 e. The fourth-order valence-corrected chi connectivity index (χ4v) is 8.35. The Morgan fingerprint density at radius 1 is 0.730 bits per heavy atom. The number of rotatable bonds is 29. The zero-order valence-electron chi connectivity index (χ0n) is 41.7. The molecular formula is C51H64N4O19. The molecule has 402 valence electrons. The van der Waals surface area contributed by atoms with E-state index in [-0.39, 0.29) is 57.4 Å². The highest BCUT2D eigenvalue weighted by Gasteiger charge is 2.48. The molecule has 2 saturated heterocycles. The van der Waals surface area contributed by atoms with Crippen LogP contribution in [0.4, 0.5) is 4.79 Å². The Balaban J connectivity index is 0.864. The molecule has 0 aromatic heterocycles. The van der Waals surface area contributed by atoms with Crippen molar-refractivity contribution in [3.05, 3.63) is 82.9 Å². The van der Waals surface area contributed by atoms with E-state index < -0.39 is 60.5 Å². The molecule has 3 aliphatic rings. The lowest BCUT2D eigenvalue weighted by atomic mass is 9.89. The second kappa shape index (κ2) is 26.4. The zero-order chi connectivity index (χ0) is 52.9. The highest BCUT2D eigenvalue weighted by atomic mass is 16.7. The molecule has 7 rings (SSSR count). The van der Waals surface area contributed by atoms with Crippen molar-refractivity contribution < 1.29 is 91.9 Å². The third kappa shape index (κ3) is 13.6. The Morgan fingerprint density at radius 3 is 1.99 bits per heavy atom. The summed E-state index contributed by atoms with van der Waals surface area (Å²) < 4.78 is 49.8. The topological polar surface area (TPSA) is 280 Å². The molecule has 2 unspecified atom stereocenters. The summed E-state index contributed by atoms with van der Waals surface area (Å²) in [6.07, 6.45) is -10.5. The molecule has 4 aromatic carbocycles. The van der Waals surface area contributed by atoms with E-state index in [0.717, 1.165) is 10.3 Å². The highest BCUT2D eigenvalue weighted by molar-refractivity contribution is 6.31. The minimum atomic E-state index is -1.98. The Bertz CT molecular complexity index is 2590. The minimum absolute atomic E-state index is 0.0170. The number of carboxylic acid groups (broad SMARTS) is 1. The van der Waals surface area contributed by atoms with E-state index in [9.17, 15) is 44.4 Å². The van der Waals surface area contributed by atoms with E-state index in [2.05, 4.69) is 19.2 Å². The molecule has 0 bridgehead atoms. The lowest BCUT2D eigenvalue weighted by Crippen LogP contribution is -2.61. The van der Waals surface area contributed by atoms with E-state index in [0.29, 0.717) is 104 Å². The maximum absolute atomic E-state index is 14.1. The van der Waals surface area contributed by atoms with Gasteiger partial charge in [0.1, 0.15) is 36.4 Å². The first-order valence-corrected chi connectivity index (χ1v) is 24.3. The number of aliphatic hydroxyl groups is 3. The van der Waals surface area contributed by atoms with Crippen LogP contribution in [0.2, 0.25) is 0 Å². The van der Waals surface area contributed by atoms with Gasteiger partial charge in [-0.15, -0.1) is 0 Å². The smallest absolute Gasteiger partial charge is 0.409 e. The van der Waals surface area contributed by atoms with Crippen LogP contribution in [0.15, 0.2) is 60.7 Å². The van der Waals surface area contributed by atoms with Crippen LogP contribution < -0.4 is 14.8 Å². The van der Waals surface area contributed by atoms with Gasteiger partial charge in [0, 0.05) is 43.0 Å². The first-order valence-electron chi connectivity index (χ1n) is 24.3. The molecule has 4 aromatic rings. The van der Waals surface area contributed by atoms with Crippen LogP contribution in [0.3, 0.4) is 0 Å². The van der Waals surface area contributed by atoms with E-state index in [1.54, 1.807) is 12.1 Å². The number of aliphatic carboxylic acids is 1. The molecule has 0 saturated carbocycles. The quantitative estimate of drug-likeness (QED) is 0.0225. The number of aliphatic hydroxyl groups excluding tert-OH is 3. The first kappa shape index (κ1) is 55.7. The van der Waals surface area contributed by atoms with Gasteiger partial charge in [0.2, 0.25) is 6.29 Å². The number of amides is 4. The van der Waals surface area contributed by atoms with Gasteiger partial charge in [0.15, 0.2) is 6.10 Å². The van der Waals surface area contributed by atoms with Crippen LogP contribution >= 0.6 is 0 Å². The van der Waals surface area contributed by atoms with E-state index in [4.69, 9.17) is 47.5 Å². The Kier molecular flexibility index (Phi) is 19.9. The van der Waals surface area contributed by atoms with Crippen LogP contribution in [0, 0.1) is 0 Å². The number of imide groups is 1. The molecule has 2 fully saturated rings. The largest absolute Gasteiger partial charge is 0.496 e. The number of nitrogens with one attached hydrogen (secondary N) is 1. The molecule has 0 radical (unpaired) electrons. The van der Waals surface area contributed by atoms with Crippen molar-refractivity contribution >= 4 is 51.3 Å². The first-order chi connectivity index (χ1) is 35.7. The monoisotopic (exact) mass is 1040 g/mol. The van der Waals surface area contributed by atoms with Crippen LogP contribution in [-0.2, 0) is 49.4 Å². The van der Waals surface area contributed by atoms with E-state index in [1.807, 2.05) is 35.4 Å². The third-order valence-electron chi connectivity index (χ3n) is 12.7. The van der Waals surface area contributed by atoms with Crippen molar-refractivity contribution in [2.24, 2.45) is 0 Å². The summed E-state index contributed by atoms with van der Waals surface area (Å²) >= 11 is 0. The molecule has 23 heteroatoms. The third-order valence-corrected chi connectivity index (χ3v) is 12.7. The standard InChI is InChI=1S/C51H64N4O19/c1-30-31(2)55(30)72-26-25-70-24-23-69-22-21-68-20-19-67-18-17-66-16-13-52-46(59)37-27-32(9-11-39(37)73-50-44(58)42(56)43(57)45(74-50)49(62)63)29-71-51(64)53(3)14-15-54-47(60)35-10-12-38(65-4)36-28-33-7-5-6-8-34(33)41(40(35)36)48(54)61/h5-12,27-28,30-31,42-45,50,56-58H,13-26,29H2,1-4H3,(H,52,59)(H,62,63)/t30-,31?,42-,43-,44+,45-,50+,55?/m0/s1. The second-order valence-corrected chi connectivity index (χ2v) is 17.6. The van der Waals surface area contributed by atoms with Crippen molar-refractivity contribution in [2.45, 2.75) is 63.2 Å². The number of ether oxygens (including phenoxy) is 9. The average Bonchev–Trinajstić information content (AvgIpc) is 3.98. The number of benzene rings is 4. The number of likely N-dealkylation sites (N-methyl/N-ethyl adjacent to an activating group) is 1. The number of methoxy groups -OCH3 is 1. The predicted octanol–water partition coefficient (Wildman–Crippen LogP) is 1.97. The van der Waals surface area contributed by atoms with Crippen LogP contribution in [0.1, 0.15) is 50.5 Å². The lowest BCUT2D eigenvalue weighted by molar-refractivity contribution is -0.271. The van der Waals surface area contributed by atoms with Gasteiger partial charge in [0.25, 0.3) is 17.7 Å². The number of hydrogen-bond donors (Lipinski definition) is 5. The van der Waals surface area contributed by atoms with Crippen molar-refractivity contribution in [1.82, 2.24) is 20.2 Å². The fraction of sp³-hybridized carbons (Fsp3) is 0.510. The summed E-state index contributed by atoms with van der Waals surface area (Å²) in [5.74, 6) is -3.09. The normalized spacial score (nSPS) is 22.2. The van der Waals surface area contributed by atoms with Gasteiger partial charge in [-0.2, -0.15) is 5.06 Å². The highest BCUT2D eigenvalue weighted by Crippen LogP contribution is 2.40. The summed E-state index contributed by atoms with van der Waals surface area (Å²) in [4.78, 5) is 74.5. The lowest BCUT2D eigenvalue weighted by Gasteiger charge is -2.38. The Hall–Kier alpha value is -6.09. The number of nitrogens with zero attached hydrogens (tertiary/aromatic N) is 3. The number of fused-ring (bicyclic) bond motifs is 2. The molecule has 74 heavy (non-hydrogen) atoms. The summed E-state index contributed by atoms with van der Waals surface area (Å²) in [6, 6.07) is 17.5. The van der Waals surface area contributed by atoms with Crippen LogP contribution in [0.5, 0.6) is 11.5 Å². The van der Waals surface area contributed by atoms with Gasteiger partial charge in [-0.1, -0.05) is 30.3 Å². The maximum Gasteiger partial charge on any atom is 0.409 e. The van der Waals surface area contributed by atoms with Crippen LogP contribution in [-0.4, -0.2) is 214 Å². The molecule has 5 N–H and O–H groups in total. The van der Waals surface area contributed by atoms with E-state index in [1.165, 1.54) is 37.3 Å². The molecule has 8 atom stereocenters. The summed E-state index contributed by atoms with van der Waals surface area (Å²) in [5.41, 5.74) is 0.811. The maximum atomic E-state index is 14.1. The molecule has 3 aliphatic heterocycles. The molecule has 0 spiro atoms. The predicted molar refractivity (Wildman–Crippen MR) is 261 cm³/mol. The molecule has 23 nitrogen and oxygen atoms in total. The van der Waals surface area contributed by atoms with Crippen molar-refractivity contribution in [3.63, 3.8) is 0 Å². The summed E-state index contributed by atoms with van der Waals surface area (Å²) in [6.45, 7) is 7.54. The number of hydrogen-bond acceptors (Lipinski definition) is 19. The van der Waals surface area contributed by atoms with Gasteiger partial charge in [-0.3, -0.25) is 24.1 Å². The second-order valence-electron chi connectivity index (χ2n) is 17.6. The Morgan fingerprint density at radius 2 is 1.35 bits per heavy atom. The fourth-order valence-electron chi connectivity index (χ4n) is 8.35. The molecule has 0 aliphatic carbocycles. The van der Waals surface area contributed by atoms with Crippen molar-refractivity contribution in [1.29, 1.82) is 0 Å². The van der Waals surface area contributed by atoms with Crippen molar-refractivity contribution in [2.75, 3.05) is 106 Å². The molecule has 3 heterocycles. The number of carbonyl (C=O) groups excluding carboxylic acids is 4. The zero-order valence-corrected chi connectivity index (χ0v) is 41.7. The molecule has 4 amide bonds. The van der Waals surface area contributed by atoms with Gasteiger partial charge in [-0.25, -0.2) is 9.59 Å². The summed E-state index contributed by atoms with van der Waals surface area (Å²) in [5, 5.41) is 47.9. The van der Waals surface area contributed by atoms with Gasteiger partial charge in [0.05, 0.1) is 103 Å². The van der Waals surface area contributed by atoms with Crippen molar-refractivity contribution in [3.8, 4) is 11.5 Å². The van der Waals surface area contributed by atoms with Gasteiger partial charge >= 0.3 is 12.1 Å². The van der Waals surface area contributed by atoms with E-state index >= 15 is 0 Å². The SMILES string of the molecule is COc1ccc2c3c(c4ccccc4cc13)C(=O)N(CCN(C)C(=O)OCc1ccc(O[C@@H]3O[C@H](C(=O)O)[C@@H](O)[C@H](O)[C@H]3O)c(C(=O)NCCOCCOCCOCCOCCOCCON3C(C)[C@@H]3C)c1)C2=O. The number of carbonyl (C=O) groups is 5. The van der Waals surface area contributed by atoms with Crippen LogP contribution in [0.25, 0.3) is 21.5 Å². The average molecular weight is 1040 g/mol. The molecular weight excluding hydrogens is 973 g/mol. The van der Waals surface area contributed by atoms with Gasteiger partial charge in [-0.05, 0) is 60.5 Å². The number of carboxylic acids is 1.